The lowest BCUT2D eigenvalue weighted by molar-refractivity contribution is -0.0737. The van der Waals surface area contributed by atoms with Gasteiger partial charge in [-0.05, 0) is 59.0 Å². The smallest absolute Gasteiger partial charge is 0.0565 e. The van der Waals surface area contributed by atoms with Crippen molar-refractivity contribution in [1.29, 1.82) is 0 Å². The molecule has 0 amide bonds. The largest absolute Gasteiger partial charge is 0.375 e. The number of piperidine rings is 1. The van der Waals surface area contributed by atoms with Crippen molar-refractivity contribution in [2.45, 2.75) is 77.2 Å². The highest BCUT2D eigenvalue weighted by Gasteiger charge is 2.32. The van der Waals surface area contributed by atoms with Crippen LogP contribution < -0.4 is 5.32 Å². The van der Waals surface area contributed by atoms with Crippen molar-refractivity contribution in [3.8, 4) is 0 Å². The van der Waals surface area contributed by atoms with E-state index in [1.54, 1.807) is 0 Å². The van der Waals surface area contributed by atoms with Crippen molar-refractivity contribution in [3.05, 3.63) is 0 Å². The Morgan fingerprint density at radius 2 is 1.89 bits per heavy atom. The van der Waals surface area contributed by atoms with Gasteiger partial charge in [0.15, 0.2) is 0 Å². The predicted octanol–water partition coefficient (Wildman–Crippen LogP) is 2.41. The molecule has 2 saturated heterocycles. The fraction of sp³-hybridized carbons (Fsp3) is 1.00. The number of hydrogen-bond acceptors (Lipinski definition) is 3. The molecule has 0 aromatic rings. The summed E-state index contributed by atoms with van der Waals surface area (Å²) < 4.78 is 5.89. The monoisotopic (exact) mass is 254 g/mol. The minimum Gasteiger partial charge on any atom is -0.375 e. The quantitative estimate of drug-likeness (QED) is 0.834. The number of nitrogens with one attached hydrogen (secondary N) is 1. The fourth-order valence-electron chi connectivity index (χ4n) is 3.68. The van der Waals surface area contributed by atoms with Crippen molar-refractivity contribution >= 4 is 0 Å². The highest BCUT2D eigenvalue weighted by molar-refractivity contribution is 4.87. The van der Waals surface area contributed by atoms with Crippen LogP contribution in [0.4, 0.5) is 0 Å². The minimum absolute atomic E-state index is 0.426. The summed E-state index contributed by atoms with van der Waals surface area (Å²) in [5.41, 5.74) is 0. The van der Waals surface area contributed by atoms with Gasteiger partial charge in [0.2, 0.25) is 0 Å². The zero-order valence-corrected chi connectivity index (χ0v) is 12.3. The molecule has 0 spiro atoms. The van der Waals surface area contributed by atoms with Crippen LogP contribution in [0.3, 0.4) is 0 Å². The second kappa shape index (κ2) is 6.88. The van der Waals surface area contributed by atoms with Crippen LogP contribution in [0.2, 0.25) is 0 Å². The summed E-state index contributed by atoms with van der Waals surface area (Å²) in [6, 6.07) is 1.48. The Kier molecular flexibility index (Phi) is 5.46. The van der Waals surface area contributed by atoms with Crippen LogP contribution in [0, 0.1) is 0 Å². The SMILES string of the molecule is CCCN(C1CCCNC1)C1CC(C)OC(C)C1. The highest BCUT2D eigenvalue weighted by Crippen LogP contribution is 2.26. The molecule has 3 nitrogen and oxygen atoms in total. The molecule has 2 fully saturated rings. The zero-order valence-electron chi connectivity index (χ0n) is 12.3. The van der Waals surface area contributed by atoms with Crippen molar-refractivity contribution in [3.63, 3.8) is 0 Å². The van der Waals surface area contributed by atoms with E-state index in [0.717, 1.165) is 12.1 Å². The summed E-state index contributed by atoms with van der Waals surface area (Å²) in [6.07, 6.45) is 7.23. The van der Waals surface area contributed by atoms with Crippen LogP contribution in [0.5, 0.6) is 0 Å². The fourth-order valence-corrected chi connectivity index (χ4v) is 3.68. The van der Waals surface area contributed by atoms with Crippen molar-refractivity contribution < 1.29 is 4.74 Å². The molecule has 0 aromatic carbocycles. The average molecular weight is 254 g/mol. The van der Waals surface area contributed by atoms with Gasteiger partial charge in [-0.2, -0.15) is 0 Å². The third-order valence-corrected chi connectivity index (χ3v) is 4.36. The first-order valence-electron chi connectivity index (χ1n) is 7.82. The van der Waals surface area contributed by atoms with Gasteiger partial charge in [0.25, 0.3) is 0 Å². The molecular formula is C15H30N2O. The van der Waals surface area contributed by atoms with Crippen LogP contribution >= 0.6 is 0 Å². The van der Waals surface area contributed by atoms with E-state index < -0.39 is 0 Å². The molecule has 18 heavy (non-hydrogen) atoms. The molecule has 0 saturated carbocycles. The number of rotatable bonds is 4. The molecule has 0 aromatic heterocycles. The molecule has 2 aliphatic heterocycles. The molecule has 3 heteroatoms. The number of hydrogen-bond donors (Lipinski definition) is 1. The summed E-state index contributed by atoms with van der Waals surface area (Å²) in [4.78, 5) is 2.78. The Hall–Kier alpha value is -0.120. The Bertz CT molecular complexity index is 231. The Balaban J connectivity index is 1.98. The van der Waals surface area contributed by atoms with Crippen molar-refractivity contribution in [2.24, 2.45) is 0 Å². The lowest BCUT2D eigenvalue weighted by Gasteiger charge is -2.44. The first-order chi connectivity index (χ1) is 8.70. The van der Waals surface area contributed by atoms with Gasteiger partial charge in [-0.3, -0.25) is 4.90 Å². The van der Waals surface area contributed by atoms with E-state index in [2.05, 4.69) is 31.0 Å². The van der Waals surface area contributed by atoms with Gasteiger partial charge in [-0.25, -0.2) is 0 Å². The minimum atomic E-state index is 0.426. The molecule has 106 valence electrons. The molecule has 2 heterocycles. The van der Waals surface area contributed by atoms with Gasteiger partial charge in [-0.1, -0.05) is 6.92 Å². The zero-order chi connectivity index (χ0) is 13.0. The lowest BCUT2D eigenvalue weighted by Crippen LogP contribution is -2.53. The summed E-state index contributed by atoms with van der Waals surface area (Å²) in [5, 5.41) is 3.56. The second-order valence-electron chi connectivity index (χ2n) is 6.12. The van der Waals surface area contributed by atoms with E-state index in [0.29, 0.717) is 12.2 Å². The Labute approximate surface area is 112 Å². The summed E-state index contributed by atoms with van der Waals surface area (Å²) in [5.74, 6) is 0. The van der Waals surface area contributed by atoms with Crippen molar-refractivity contribution in [1.82, 2.24) is 10.2 Å². The molecule has 0 radical (unpaired) electrons. The molecule has 3 unspecified atom stereocenters. The normalized spacial score (nSPS) is 38.0. The highest BCUT2D eigenvalue weighted by atomic mass is 16.5. The maximum atomic E-state index is 5.89. The number of ether oxygens (including phenoxy) is 1. The summed E-state index contributed by atoms with van der Waals surface area (Å²) in [7, 11) is 0. The maximum absolute atomic E-state index is 5.89. The molecule has 1 N–H and O–H groups in total. The van der Waals surface area contributed by atoms with E-state index in [1.807, 2.05) is 0 Å². The van der Waals surface area contributed by atoms with Crippen LogP contribution in [-0.2, 0) is 4.74 Å². The third kappa shape index (κ3) is 3.69. The van der Waals surface area contributed by atoms with Gasteiger partial charge in [0.05, 0.1) is 12.2 Å². The Morgan fingerprint density at radius 3 is 2.44 bits per heavy atom. The summed E-state index contributed by atoms with van der Waals surface area (Å²) in [6.45, 7) is 10.4. The van der Waals surface area contributed by atoms with Gasteiger partial charge in [-0.15, -0.1) is 0 Å². The third-order valence-electron chi connectivity index (χ3n) is 4.36. The predicted molar refractivity (Wildman–Crippen MR) is 75.9 cm³/mol. The van der Waals surface area contributed by atoms with Crippen LogP contribution in [0.25, 0.3) is 0 Å². The maximum Gasteiger partial charge on any atom is 0.0565 e. The van der Waals surface area contributed by atoms with E-state index in [-0.39, 0.29) is 0 Å². The van der Waals surface area contributed by atoms with Gasteiger partial charge < -0.3 is 10.1 Å². The molecule has 2 rings (SSSR count). The first-order valence-corrected chi connectivity index (χ1v) is 7.82. The molecule has 2 aliphatic rings. The summed E-state index contributed by atoms with van der Waals surface area (Å²) >= 11 is 0. The molecule has 0 aliphatic carbocycles. The Morgan fingerprint density at radius 1 is 1.17 bits per heavy atom. The van der Waals surface area contributed by atoms with Gasteiger partial charge in [0.1, 0.15) is 0 Å². The van der Waals surface area contributed by atoms with Gasteiger partial charge in [0, 0.05) is 18.6 Å². The lowest BCUT2D eigenvalue weighted by atomic mass is 9.94. The second-order valence-corrected chi connectivity index (χ2v) is 6.12. The van der Waals surface area contributed by atoms with Crippen molar-refractivity contribution in [2.75, 3.05) is 19.6 Å². The molecule has 3 atom stereocenters. The van der Waals surface area contributed by atoms with Crippen LogP contribution in [0.1, 0.15) is 52.9 Å². The molecular weight excluding hydrogens is 224 g/mol. The standard InChI is InChI=1S/C15H30N2O/c1-4-8-17(14-6-5-7-16-11-14)15-9-12(2)18-13(3)10-15/h12-16H,4-11H2,1-3H3. The number of nitrogens with zero attached hydrogens (tertiary/aromatic N) is 1. The van der Waals surface area contributed by atoms with Crippen LogP contribution in [0.15, 0.2) is 0 Å². The van der Waals surface area contributed by atoms with E-state index in [9.17, 15) is 0 Å². The van der Waals surface area contributed by atoms with Crippen LogP contribution in [-0.4, -0.2) is 48.8 Å². The van der Waals surface area contributed by atoms with Gasteiger partial charge >= 0.3 is 0 Å². The van der Waals surface area contributed by atoms with E-state index in [4.69, 9.17) is 4.74 Å². The average Bonchev–Trinajstić information content (AvgIpc) is 2.36. The topological polar surface area (TPSA) is 24.5 Å². The first kappa shape index (κ1) is 14.3. The molecule has 0 bridgehead atoms. The van der Waals surface area contributed by atoms with E-state index >= 15 is 0 Å². The van der Waals surface area contributed by atoms with E-state index in [1.165, 1.54) is 51.7 Å².